The second-order valence-electron chi connectivity index (χ2n) is 7.34. The quantitative estimate of drug-likeness (QED) is 0.792. The fraction of sp³-hybridized carbons (Fsp3) is 0.611. The van der Waals surface area contributed by atoms with Crippen molar-refractivity contribution in [1.29, 1.82) is 0 Å². The standard InChI is InChI=1S/C18H25N7O2/c1-13-8-24(9-14(2)27-13)18(26)15-3-5-23(6-4-15)16-7-17(21-11-20-16)25-12-19-10-22-25/h7,10-15H,3-6,8-9H2,1-2H3. The predicted octanol–water partition coefficient (Wildman–Crippen LogP) is 0.909. The number of carbonyl (C=O) groups excluding carboxylic acids is 1. The van der Waals surface area contributed by atoms with Gasteiger partial charge in [0.05, 0.1) is 12.2 Å². The van der Waals surface area contributed by atoms with Crippen molar-refractivity contribution in [3.63, 3.8) is 0 Å². The van der Waals surface area contributed by atoms with Gasteiger partial charge in [-0.3, -0.25) is 4.79 Å². The first-order chi connectivity index (χ1) is 13.1. The molecule has 2 atom stereocenters. The van der Waals surface area contributed by atoms with Gasteiger partial charge in [-0.05, 0) is 26.7 Å². The maximum Gasteiger partial charge on any atom is 0.225 e. The number of nitrogens with zero attached hydrogens (tertiary/aromatic N) is 7. The smallest absolute Gasteiger partial charge is 0.225 e. The van der Waals surface area contributed by atoms with E-state index in [-0.39, 0.29) is 24.0 Å². The average molecular weight is 371 g/mol. The van der Waals surface area contributed by atoms with Gasteiger partial charge in [0.25, 0.3) is 0 Å². The Labute approximate surface area is 158 Å². The summed E-state index contributed by atoms with van der Waals surface area (Å²) in [5.74, 6) is 1.89. The van der Waals surface area contributed by atoms with E-state index in [4.69, 9.17) is 4.74 Å². The summed E-state index contributed by atoms with van der Waals surface area (Å²) in [7, 11) is 0. The molecule has 0 radical (unpaired) electrons. The molecule has 144 valence electrons. The molecule has 27 heavy (non-hydrogen) atoms. The lowest BCUT2D eigenvalue weighted by Gasteiger charge is -2.39. The van der Waals surface area contributed by atoms with Gasteiger partial charge in [-0.15, -0.1) is 0 Å². The second kappa shape index (κ2) is 7.59. The molecule has 0 saturated carbocycles. The SMILES string of the molecule is CC1CN(C(=O)C2CCN(c3cc(-n4cncn4)ncn3)CC2)CC(C)O1. The first-order valence-corrected chi connectivity index (χ1v) is 9.46. The highest BCUT2D eigenvalue weighted by Gasteiger charge is 2.32. The van der Waals surface area contributed by atoms with Crippen molar-refractivity contribution in [2.75, 3.05) is 31.1 Å². The van der Waals surface area contributed by atoms with Gasteiger partial charge in [0, 0.05) is 38.2 Å². The monoisotopic (exact) mass is 371 g/mol. The zero-order valence-electron chi connectivity index (χ0n) is 15.7. The third-order valence-electron chi connectivity index (χ3n) is 5.19. The lowest BCUT2D eigenvalue weighted by molar-refractivity contribution is -0.148. The molecule has 9 heteroatoms. The van der Waals surface area contributed by atoms with Crippen molar-refractivity contribution in [3.8, 4) is 5.82 Å². The van der Waals surface area contributed by atoms with Crippen LogP contribution in [0.5, 0.6) is 0 Å². The Morgan fingerprint density at radius 3 is 2.44 bits per heavy atom. The average Bonchev–Trinajstić information content (AvgIpc) is 3.22. The molecule has 4 heterocycles. The van der Waals surface area contributed by atoms with Crippen LogP contribution in [0.15, 0.2) is 25.0 Å². The van der Waals surface area contributed by atoms with Gasteiger partial charge in [-0.25, -0.2) is 19.6 Å². The Balaban J connectivity index is 1.38. The summed E-state index contributed by atoms with van der Waals surface area (Å²) in [6, 6.07) is 1.90. The van der Waals surface area contributed by atoms with Crippen LogP contribution in [-0.4, -0.2) is 73.9 Å². The van der Waals surface area contributed by atoms with Crippen molar-refractivity contribution >= 4 is 11.7 Å². The molecule has 2 saturated heterocycles. The van der Waals surface area contributed by atoms with E-state index in [0.717, 1.165) is 31.7 Å². The number of anilines is 1. The number of ether oxygens (including phenoxy) is 1. The van der Waals surface area contributed by atoms with Crippen LogP contribution in [0.25, 0.3) is 5.82 Å². The summed E-state index contributed by atoms with van der Waals surface area (Å²) in [5, 5.41) is 4.11. The predicted molar refractivity (Wildman–Crippen MR) is 98.5 cm³/mol. The summed E-state index contributed by atoms with van der Waals surface area (Å²) in [5.41, 5.74) is 0. The van der Waals surface area contributed by atoms with Crippen LogP contribution >= 0.6 is 0 Å². The molecular formula is C18H25N7O2. The van der Waals surface area contributed by atoms with Crippen molar-refractivity contribution in [2.45, 2.75) is 38.9 Å². The second-order valence-corrected chi connectivity index (χ2v) is 7.34. The van der Waals surface area contributed by atoms with Gasteiger partial charge in [0.15, 0.2) is 5.82 Å². The van der Waals surface area contributed by atoms with E-state index in [0.29, 0.717) is 18.9 Å². The molecule has 2 aromatic rings. The number of aromatic nitrogens is 5. The summed E-state index contributed by atoms with van der Waals surface area (Å²) in [4.78, 5) is 29.7. The number of amides is 1. The molecule has 2 aromatic heterocycles. The Morgan fingerprint density at radius 2 is 1.78 bits per heavy atom. The van der Waals surface area contributed by atoms with Gasteiger partial charge in [0.1, 0.15) is 24.8 Å². The molecule has 0 aliphatic carbocycles. The highest BCUT2D eigenvalue weighted by Crippen LogP contribution is 2.25. The number of rotatable bonds is 3. The van der Waals surface area contributed by atoms with Crippen molar-refractivity contribution < 1.29 is 9.53 Å². The molecule has 0 aromatic carbocycles. The third-order valence-corrected chi connectivity index (χ3v) is 5.19. The lowest BCUT2D eigenvalue weighted by Crippen LogP contribution is -2.51. The Morgan fingerprint density at radius 1 is 1.07 bits per heavy atom. The minimum Gasteiger partial charge on any atom is -0.372 e. The fourth-order valence-corrected chi connectivity index (χ4v) is 3.93. The van der Waals surface area contributed by atoms with Gasteiger partial charge >= 0.3 is 0 Å². The molecule has 4 rings (SSSR count). The largest absolute Gasteiger partial charge is 0.372 e. The zero-order chi connectivity index (χ0) is 18.8. The number of hydrogen-bond donors (Lipinski definition) is 0. The first-order valence-electron chi connectivity index (χ1n) is 9.46. The highest BCUT2D eigenvalue weighted by molar-refractivity contribution is 5.79. The minimum atomic E-state index is 0.0790. The molecule has 2 aliphatic heterocycles. The third kappa shape index (κ3) is 3.92. The van der Waals surface area contributed by atoms with E-state index in [9.17, 15) is 4.79 Å². The van der Waals surface area contributed by atoms with Crippen LogP contribution in [0.1, 0.15) is 26.7 Å². The zero-order valence-corrected chi connectivity index (χ0v) is 15.7. The van der Waals surface area contributed by atoms with Gasteiger partial charge in [-0.1, -0.05) is 0 Å². The number of hydrogen-bond acceptors (Lipinski definition) is 7. The summed E-state index contributed by atoms with van der Waals surface area (Å²) in [6.07, 6.45) is 6.51. The molecular weight excluding hydrogens is 346 g/mol. The lowest BCUT2D eigenvalue weighted by atomic mass is 9.94. The summed E-state index contributed by atoms with van der Waals surface area (Å²) < 4.78 is 7.36. The fourth-order valence-electron chi connectivity index (χ4n) is 3.93. The topological polar surface area (TPSA) is 89.3 Å². The maximum absolute atomic E-state index is 12.9. The highest BCUT2D eigenvalue weighted by atomic mass is 16.5. The molecule has 1 amide bonds. The molecule has 0 spiro atoms. The van der Waals surface area contributed by atoms with Crippen molar-refractivity contribution in [2.24, 2.45) is 5.92 Å². The van der Waals surface area contributed by atoms with Crippen LogP contribution in [0.3, 0.4) is 0 Å². The molecule has 2 unspecified atom stereocenters. The van der Waals surface area contributed by atoms with Crippen LogP contribution in [0.2, 0.25) is 0 Å². The Kier molecular flexibility index (Phi) is 5.02. The van der Waals surface area contributed by atoms with Crippen LogP contribution in [0.4, 0.5) is 5.82 Å². The first kappa shape index (κ1) is 17.8. The van der Waals surface area contributed by atoms with Gasteiger partial charge < -0.3 is 14.5 Å². The Bertz CT molecular complexity index is 764. The normalized spacial score (nSPS) is 24.2. The van der Waals surface area contributed by atoms with Gasteiger partial charge in [0.2, 0.25) is 5.91 Å². The molecule has 2 aliphatic rings. The van der Waals surface area contributed by atoms with Crippen molar-refractivity contribution in [3.05, 3.63) is 25.0 Å². The van der Waals surface area contributed by atoms with Crippen LogP contribution in [-0.2, 0) is 9.53 Å². The number of piperidine rings is 1. The number of carbonyl (C=O) groups is 1. The van der Waals surface area contributed by atoms with E-state index >= 15 is 0 Å². The van der Waals surface area contributed by atoms with Crippen molar-refractivity contribution in [1.82, 2.24) is 29.6 Å². The molecule has 0 bridgehead atoms. The number of morpholine rings is 1. The molecule has 2 fully saturated rings. The molecule has 9 nitrogen and oxygen atoms in total. The van der Waals surface area contributed by atoms with Crippen LogP contribution < -0.4 is 4.90 Å². The van der Waals surface area contributed by atoms with E-state index in [1.54, 1.807) is 17.3 Å². The summed E-state index contributed by atoms with van der Waals surface area (Å²) in [6.45, 7) is 7.05. The Hall–Kier alpha value is -2.55. The van der Waals surface area contributed by atoms with E-state index in [1.807, 2.05) is 24.8 Å². The summed E-state index contributed by atoms with van der Waals surface area (Å²) >= 11 is 0. The van der Waals surface area contributed by atoms with Gasteiger partial charge in [-0.2, -0.15) is 5.10 Å². The molecule has 0 N–H and O–H groups in total. The maximum atomic E-state index is 12.9. The van der Waals surface area contributed by atoms with E-state index in [1.165, 1.54) is 6.33 Å². The van der Waals surface area contributed by atoms with E-state index < -0.39 is 0 Å². The minimum absolute atomic E-state index is 0.0790. The van der Waals surface area contributed by atoms with E-state index in [2.05, 4.69) is 25.0 Å². The van der Waals surface area contributed by atoms with Crippen LogP contribution in [0, 0.1) is 5.92 Å².